The molecular weight excluding hydrogens is 250 g/mol. The molecule has 0 saturated heterocycles. The van der Waals surface area contributed by atoms with Crippen LogP contribution in [0, 0.1) is 13.8 Å². The van der Waals surface area contributed by atoms with E-state index in [4.69, 9.17) is 4.74 Å². The van der Waals surface area contributed by atoms with Crippen molar-refractivity contribution < 1.29 is 9.53 Å². The summed E-state index contributed by atoms with van der Waals surface area (Å²) in [6, 6.07) is 15.4. The van der Waals surface area contributed by atoms with Crippen LogP contribution < -0.4 is 5.32 Å². The molecule has 0 spiro atoms. The molecule has 0 saturated carbocycles. The van der Waals surface area contributed by atoms with Crippen molar-refractivity contribution in [2.45, 2.75) is 20.0 Å². The number of para-hydroxylation sites is 1. The lowest BCUT2D eigenvalue weighted by Crippen LogP contribution is -2.23. The van der Waals surface area contributed by atoms with Crippen LogP contribution in [0.15, 0.2) is 48.5 Å². The number of amides is 1. The topological polar surface area (TPSA) is 38.3 Å². The molecule has 2 rings (SSSR count). The largest absolute Gasteiger partial charge is 0.367 e. The second-order valence-corrected chi connectivity index (χ2v) is 4.78. The first-order valence-electron chi connectivity index (χ1n) is 6.58. The Bertz CT molecular complexity index is 573. The smallest absolute Gasteiger partial charge is 0.258 e. The number of carbonyl (C=O) groups is 1. The minimum atomic E-state index is -0.602. The van der Waals surface area contributed by atoms with Crippen LogP contribution in [0.25, 0.3) is 0 Å². The molecule has 0 heterocycles. The van der Waals surface area contributed by atoms with Crippen molar-refractivity contribution in [2.24, 2.45) is 0 Å². The molecule has 3 heteroatoms. The Labute approximate surface area is 119 Å². The minimum absolute atomic E-state index is 0.156. The number of hydrogen-bond acceptors (Lipinski definition) is 2. The van der Waals surface area contributed by atoms with Crippen molar-refractivity contribution in [3.05, 3.63) is 65.2 Å². The Morgan fingerprint density at radius 1 is 1.00 bits per heavy atom. The van der Waals surface area contributed by atoms with Crippen LogP contribution >= 0.6 is 0 Å². The van der Waals surface area contributed by atoms with Gasteiger partial charge in [0.25, 0.3) is 5.91 Å². The third kappa shape index (κ3) is 3.06. The third-order valence-electron chi connectivity index (χ3n) is 3.31. The molecule has 0 fully saturated rings. The van der Waals surface area contributed by atoms with Gasteiger partial charge in [-0.3, -0.25) is 4.79 Å². The Morgan fingerprint density at radius 2 is 1.60 bits per heavy atom. The summed E-state index contributed by atoms with van der Waals surface area (Å²) in [6.07, 6.45) is -0.602. The van der Waals surface area contributed by atoms with E-state index < -0.39 is 6.10 Å². The second kappa shape index (κ2) is 6.35. The summed E-state index contributed by atoms with van der Waals surface area (Å²) in [5, 5.41) is 2.96. The predicted octanol–water partition coefficient (Wildman–Crippen LogP) is 3.63. The van der Waals surface area contributed by atoms with Gasteiger partial charge in [-0.15, -0.1) is 0 Å². The van der Waals surface area contributed by atoms with Gasteiger partial charge in [-0.1, -0.05) is 48.5 Å². The molecule has 0 aliphatic carbocycles. The number of anilines is 1. The average molecular weight is 269 g/mol. The number of methoxy groups -OCH3 is 1. The van der Waals surface area contributed by atoms with Gasteiger partial charge in [-0.2, -0.15) is 0 Å². The number of nitrogens with one attached hydrogen (secondary N) is 1. The van der Waals surface area contributed by atoms with Crippen LogP contribution in [0.4, 0.5) is 5.69 Å². The van der Waals surface area contributed by atoms with Crippen molar-refractivity contribution in [3.63, 3.8) is 0 Å². The highest BCUT2D eigenvalue weighted by atomic mass is 16.5. The highest BCUT2D eigenvalue weighted by Crippen LogP contribution is 2.23. The summed E-state index contributed by atoms with van der Waals surface area (Å²) in [5.74, 6) is -0.156. The van der Waals surface area contributed by atoms with Crippen molar-refractivity contribution in [3.8, 4) is 0 Å². The molecule has 20 heavy (non-hydrogen) atoms. The fourth-order valence-corrected chi connectivity index (χ4v) is 2.22. The van der Waals surface area contributed by atoms with Crippen LogP contribution in [0.1, 0.15) is 22.8 Å². The highest BCUT2D eigenvalue weighted by molar-refractivity contribution is 5.96. The lowest BCUT2D eigenvalue weighted by molar-refractivity contribution is -0.126. The van der Waals surface area contributed by atoms with E-state index in [-0.39, 0.29) is 5.91 Å². The van der Waals surface area contributed by atoms with Gasteiger partial charge < -0.3 is 10.1 Å². The molecule has 0 aliphatic rings. The maximum atomic E-state index is 12.4. The van der Waals surface area contributed by atoms with Gasteiger partial charge >= 0.3 is 0 Å². The summed E-state index contributed by atoms with van der Waals surface area (Å²) < 4.78 is 5.34. The summed E-state index contributed by atoms with van der Waals surface area (Å²) in [6.45, 7) is 3.96. The van der Waals surface area contributed by atoms with E-state index in [1.54, 1.807) is 7.11 Å². The second-order valence-electron chi connectivity index (χ2n) is 4.78. The first-order chi connectivity index (χ1) is 9.63. The van der Waals surface area contributed by atoms with E-state index in [0.717, 1.165) is 22.4 Å². The zero-order chi connectivity index (χ0) is 14.5. The van der Waals surface area contributed by atoms with Gasteiger partial charge in [-0.05, 0) is 30.5 Å². The molecule has 1 N–H and O–H groups in total. The number of carbonyl (C=O) groups excluding carboxylic acids is 1. The average Bonchev–Trinajstić information content (AvgIpc) is 2.45. The zero-order valence-corrected chi connectivity index (χ0v) is 12.0. The van der Waals surface area contributed by atoms with Crippen molar-refractivity contribution >= 4 is 11.6 Å². The van der Waals surface area contributed by atoms with Gasteiger partial charge in [0.15, 0.2) is 6.10 Å². The Kier molecular flexibility index (Phi) is 4.53. The van der Waals surface area contributed by atoms with E-state index in [1.807, 2.05) is 62.4 Å². The number of aryl methyl sites for hydroxylation is 2. The van der Waals surface area contributed by atoms with Crippen molar-refractivity contribution in [1.29, 1.82) is 0 Å². The van der Waals surface area contributed by atoms with Crippen molar-refractivity contribution in [2.75, 3.05) is 12.4 Å². The van der Waals surface area contributed by atoms with Gasteiger partial charge in [0, 0.05) is 12.8 Å². The SMILES string of the molecule is COC(C(=O)Nc1c(C)cccc1C)c1ccccc1. The molecule has 1 unspecified atom stereocenters. The Hall–Kier alpha value is -2.13. The maximum Gasteiger partial charge on any atom is 0.258 e. The minimum Gasteiger partial charge on any atom is -0.367 e. The molecule has 1 atom stereocenters. The summed E-state index contributed by atoms with van der Waals surface area (Å²) >= 11 is 0. The quantitative estimate of drug-likeness (QED) is 0.920. The number of benzene rings is 2. The molecule has 2 aromatic rings. The maximum absolute atomic E-state index is 12.4. The first-order valence-corrected chi connectivity index (χ1v) is 6.58. The van der Waals surface area contributed by atoms with Gasteiger partial charge in [0.05, 0.1) is 0 Å². The van der Waals surface area contributed by atoms with E-state index in [9.17, 15) is 4.79 Å². The fraction of sp³-hybridized carbons (Fsp3) is 0.235. The fourth-order valence-electron chi connectivity index (χ4n) is 2.22. The van der Waals surface area contributed by atoms with Gasteiger partial charge in [0.2, 0.25) is 0 Å². The summed E-state index contributed by atoms with van der Waals surface area (Å²) in [7, 11) is 1.54. The van der Waals surface area contributed by atoms with E-state index in [2.05, 4.69) is 5.32 Å². The zero-order valence-electron chi connectivity index (χ0n) is 12.0. The number of rotatable bonds is 4. The summed E-state index contributed by atoms with van der Waals surface area (Å²) in [4.78, 5) is 12.4. The number of hydrogen-bond donors (Lipinski definition) is 1. The predicted molar refractivity (Wildman–Crippen MR) is 80.7 cm³/mol. The molecule has 104 valence electrons. The number of ether oxygens (including phenoxy) is 1. The van der Waals surface area contributed by atoms with Crippen molar-refractivity contribution in [1.82, 2.24) is 0 Å². The first kappa shape index (κ1) is 14.3. The standard InChI is InChI=1S/C17H19NO2/c1-12-8-7-9-13(2)15(12)18-17(19)16(20-3)14-10-5-4-6-11-14/h4-11,16H,1-3H3,(H,18,19). The lowest BCUT2D eigenvalue weighted by atomic mass is 10.1. The summed E-state index contributed by atoms with van der Waals surface area (Å²) in [5.41, 5.74) is 3.79. The van der Waals surface area contributed by atoms with Crippen LogP contribution in [-0.2, 0) is 9.53 Å². The molecular formula is C17H19NO2. The molecule has 3 nitrogen and oxygen atoms in total. The molecule has 0 aromatic heterocycles. The van der Waals surface area contributed by atoms with Gasteiger partial charge in [-0.25, -0.2) is 0 Å². The Morgan fingerprint density at radius 3 is 2.15 bits per heavy atom. The monoisotopic (exact) mass is 269 g/mol. The lowest BCUT2D eigenvalue weighted by Gasteiger charge is -2.18. The molecule has 0 bridgehead atoms. The van der Waals surface area contributed by atoms with Crippen LogP contribution in [0.3, 0.4) is 0 Å². The third-order valence-corrected chi connectivity index (χ3v) is 3.31. The van der Waals surface area contributed by atoms with Gasteiger partial charge in [0.1, 0.15) is 0 Å². The van der Waals surface area contributed by atoms with E-state index in [1.165, 1.54) is 0 Å². The molecule has 0 radical (unpaired) electrons. The van der Waals surface area contributed by atoms with E-state index in [0.29, 0.717) is 0 Å². The highest BCUT2D eigenvalue weighted by Gasteiger charge is 2.20. The molecule has 0 aliphatic heterocycles. The molecule has 1 amide bonds. The normalized spacial score (nSPS) is 11.9. The van der Waals surface area contributed by atoms with E-state index >= 15 is 0 Å². The van der Waals surface area contributed by atoms with Crippen LogP contribution in [-0.4, -0.2) is 13.0 Å². The van der Waals surface area contributed by atoms with Crippen LogP contribution in [0.5, 0.6) is 0 Å². The Balaban J connectivity index is 2.23. The molecule has 2 aromatic carbocycles. The van der Waals surface area contributed by atoms with Crippen LogP contribution in [0.2, 0.25) is 0 Å².